The van der Waals surface area contributed by atoms with E-state index in [0.717, 1.165) is 19.4 Å². The summed E-state index contributed by atoms with van der Waals surface area (Å²) in [4.78, 5) is 7.98. The van der Waals surface area contributed by atoms with E-state index in [2.05, 4.69) is 15.3 Å². The van der Waals surface area contributed by atoms with Gasteiger partial charge >= 0.3 is 0 Å². The molecule has 14 heavy (non-hydrogen) atoms. The first-order chi connectivity index (χ1) is 6.74. The van der Waals surface area contributed by atoms with Crippen LogP contribution in [0.4, 0.5) is 11.6 Å². The molecular formula is C9H14N4O. The fraction of sp³-hybridized carbons (Fsp3) is 0.556. The number of nitrogens with two attached hydrogens (primary N) is 1. The van der Waals surface area contributed by atoms with Crippen LogP contribution in [0.1, 0.15) is 12.8 Å². The number of hydrogen-bond acceptors (Lipinski definition) is 5. The van der Waals surface area contributed by atoms with Crippen molar-refractivity contribution in [1.82, 2.24) is 9.97 Å². The molecule has 0 spiro atoms. The largest absolute Gasteiger partial charge is 0.396 e. The quantitative estimate of drug-likeness (QED) is 0.639. The summed E-state index contributed by atoms with van der Waals surface area (Å²) in [5.41, 5.74) is 5.56. The molecule has 0 amide bonds. The molecule has 1 heterocycles. The van der Waals surface area contributed by atoms with E-state index in [-0.39, 0.29) is 12.0 Å². The first-order valence-electron chi connectivity index (χ1n) is 4.66. The minimum Gasteiger partial charge on any atom is -0.396 e. The standard InChI is InChI=1S/C9H14N4O/c10-7-3-11-4-8(13-7)12-5-9(6-14)1-2-9/h3-4,14H,1-2,5-6H2,(H3,10,12,13). The average Bonchev–Trinajstić information content (AvgIpc) is 2.96. The third-order valence-electron chi connectivity index (χ3n) is 2.59. The van der Waals surface area contributed by atoms with Gasteiger partial charge in [0.25, 0.3) is 0 Å². The van der Waals surface area contributed by atoms with Gasteiger partial charge in [-0.25, -0.2) is 4.98 Å². The van der Waals surface area contributed by atoms with Gasteiger partial charge in [0.1, 0.15) is 11.6 Å². The molecule has 0 radical (unpaired) electrons. The van der Waals surface area contributed by atoms with Gasteiger partial charge < -0.3 is 16.2 Å². The Morgan fingerprint density at radius 3 is 2.86 bits per heavy atom. The number of aliphatic hydroxyl groups excluding tert-OH is 1. The highest BCUT2D eigenvalue weighted by molar-refractivity contribution is 5.38. The van der Waals surface area contributed by atoms with Crippen LogP contribution in [0.5, 0.6) is 0 Å². The second-order valence-electron chi connectivity index (χ2n) is 3.84. The van der Waals surface area contributed by atoms with Gasteiger partial charge in [-0.15, -0.1) is 0 Å². The van der Waals surface area contributed by atoms with Crippen molar-refractivity contribution in [3.63, 3.8) is 0 Å². The lowest BCUT2D eigenvalue weighted by atomic mass is 10.1. The first kappa shape index (κ1) is 9.21. The van der Waals surface area contributed by atoms with Gasteiger partial charge in [-0.3, -0.25) is 4.98 Å². The molecule has 5 heteroatoms. The number of aromatic nitrogens is 2. The summed E-state index contributed by atoms with van der Waals surface area (Å²) >= 11 is 0. The van der Waals surface area contributed by atoms with E-state index in [1.54, 1.807) is 6.20 Å². The zero-order valence-electron chi connectivity index (χ0n) is 7.90. The number of anilines is 2. The van der Waals surface area contributed by atoms with Crippen molar-refractivity contribution in [2.75, 3.05) is 24.2 Å². The molecule has 2 rings (SSSR count). The van der Waals surface area contributed by atoms with Gasteiger partial charge in [0.2, 0.25) is 0 Å². The predicted molar refractivity (Wildman–Crippen MR) is 53.7 cm³/mol. The molecular weight excluding hydrogens is 180 g/mol. The smallest absolute Gasteiger partial charge is 0.146 e. The topological polar surface area (TPSA) is 84.1 Å². The zero-order chi connectivity index (χ0) is 10.0. The average molecular weight is 194 g/mol. The number of aliphatic hydroxyl groups is 1. The summed E-state index contributed by atoms with van der Waals surface area (Å²) < 4.78 is 0. The number of nitrogens with zero attached hydrogens (tertiary/aromatic N) is 2. The highest BCUT2D eigenvalue weighted by Crippen LogP contribution is 2.44. The van der Waals surface area contributed by atoms with Gasteiger partial charge in [-0.2, -0.15) is 0 Å². The SMILES string of the molecule is Nc1cncc(NCC2(CO)CC2)n1. The molecule has 1 aliphatic carbocycles. The minimum absolute atomic E-state index is 0.0757. The van der Waals surface area contributed by atoms with Crippen LogP contribution in [-0.2, 0) is 0 Å². The van der Waals surface area contributed by atoms with E-state index in [1.807, 2.05) is 0 Å². The lowest BCUT2D eigenvalue weighted by Gasteiger charge is -2.12. The predicted octanol–water partition coefficient (Wildman–Crippen LogP) is 0.243. The maximum absolute atomic E-state index is 9.09. The second kappa shape index (κ2) is 3.42. The molecule has 1 aromatic rings. The Labute approximate surface area is 82.4 Å². The lowest BCUT2D eigenvalue weighted by Crippen LogP contribution is -2.19. The van der Waals surface area contributed by atoms with Crippen LogP contribution in [0.3, 0.4) is 0 Å². The molecule has 0 saturated heterocycles. The third-order valence-corrected chi connectivity index (χ3v) is 2.59. The number of nitrogen functional groups attached to an aromatic ring is 1. The summed E-state index contributed by atoms with van der Waals surface area (Å²) in [6.07, 6.45) is 5.28. The molecule has 5 nitrogen and oxygen atoms in total. The summed E-state index contributed by atoms with van der Waals surface area (Å²) in [5.74, 6) is 1.08. The Kier molecular flexibility index (Phi) is 2.25. The van der Waals surface area contributed by atoms with Crippen LogP contribution >= 0.6 is 0 Å². The van der Waals surface area contributed by atoms with Crippen molar-refractivity contribution < 1.29 is 5.11 Å². The van der Waals surface area contributed by atoms with E-state index < -0.39 is 0 Å². The number of hydrogen-bond donors (Lipinski definition) is 3. The van der Waals surface area contributed by atoms with Crippen molar-refractivity contribution in [2.45, 2.75) is 12.8 Å². The summed E-state index contributed by atoms with van der Waals surface area (Å²) in [5, 5.41) is 12.2. The third kappa shape index (κ3) is 1.93. The van der Waals surface area contributed by atoms with E-state index >= 15 is 0 Å². The molecule has 1 aliphatic rings. The highest BCUT2D eigenvalue weighted by atomic mass is 16.3. The molecule has 76 valence electrons. The first-order valence-corrected chi connectivity index (χ1v) is 4.66. The maximum Gasteiger partial charge on any atom is 0.146 e. The molecule has 4 N–H and O–H groups in total. The Hall–Kier alpha value is -1.36. The molecule has 0 bridgehead atoms. The Morgan fingerprint density at radius 1 is 1.50 bits per heavy atom. The summed E-state index contributed by atoms with van der Waals surface area (Å²) in [7, 11) is 0. The molecule has 1 saturated carbocycles. The van der Waals surface area contributed by atoms with Gasteiger partial charge in [0.15, 0.2) is 0 Å². The van der Waals surface area contributed by atoms with Crippen LogP contribution in [0.15, 0.2) is 12.4 Å². The Morgan fingerprint density at radius 2 is 2.29 bits per heavy atom. The van der Waals surface area contributed by atoms with Crippen LogP contribution in [0, 0.1) is 5.41 Å². The molecule has 0 aromatic carbocycles. The van der Waals surface area contributed by atoms with Crippen molar-refractivity contribution in [1.29, 1.82) is 0 Å². The maximum atomic E-state index is 9.09. The number of nitrogens with one attached hydrogen (secondary N) is 1. The van der Waals surface area contributed by atoms with E-state index in [9.17, 15) is 0 Å². The van der Waals surface area contributed by atoms with Crippen molar-refractivity contribution in [2.24, 2.45) is 5.41 Å². The second-order valence-corrected chi connectivity index (χ2v) is 3.84. The van der Waals surface area contributed by atoms with Crippen molar-refractivity contribution in [3.05, 3.63) is 12.4 Å². The van der Waals surface area contributed by atoms with Crippen LogP contribution in [0.25, 0.3) is 0 Å². The molecule has 1 aromatic heterocycles. The molecule has 0 unspecified atom stereocenters. The molecule has 0 aliphatic heterocycles. The fourth-order valence-corrected chi connectivity index (χ4v) is 1.31. The zero-order valence-corrected chi connectivity index (χ0v) is 7.90. The van der Waals surface area contributed by atoms with E-state index in [0.29, 0.717) is 11.6 Å². The molecule has 0 atom stereocenters. The van der Waals surface area contributed by atoms with Gasteiger partial charge in [-0.1, -0.05) is 0 Å². The fourth-order valence-electron chi connectivity index (χ4n) is 1.31. The van der Waals surface area contributed by atoms with Crippen molar-refractivity contribution in [3.8, 4) is 0 Å². The van der Waals surface area contributed by atoms with Gasteiger partial charge in [0, 0.05) is 12.0 Å². The molecule has 1 fully saturated rings. The Balaban J connectivity index is 1.92. The van der Waals surface area contributed by atoms with E-state index in [1.165, 1.54) is 6.20 Å². The lowest BCUT2D eigenvalue weighted by molar-refractivity contribution is 0.219. The monoisotopic (exact) mass is 194 g/mol. The highest BCUT2D eigenvalue weighted by Gasteiger charge is 2.41. The summed E-state index contributed by atoms with van der Waals surface area (Å²) in [6, 6.07) is 0. The van der Waals surface area contributed by atoms with Gasteiger partial charge in [0.05, 0.1) is 19.0 Å². The van der Waals surface area contributed by atoms with Crippen molar-refractivity contribution >= 4 is 11.6 Å². The van der Waals surface area contributed by atoms with Crippen LogP contribution < -0.4 is 11.1 Å². The summed E-state index contributed by atoms with van der Waals surface area (Å²) in [6.45, 7) is 0.970. The van der Waals surface area contributed by atoms with Crippen LogP contribution in [0.2, 0.25) is 0 Å². The minimum atomic E-state index is 0.0757. The van der Waals surface area contributed by atoms with Gasteiger partial charge in [-0.05, 0) is 12.8 Å². The van der Waals surface area contributed by atoms with Crippen LogP contribution in [-0.4, -0.2) is 28.2 Å². The van der Waals surface area contributed by atoms with E-state index in [4.69, 9.17) is 10.8 Å². The number of rotatable bonds is 4. The Bertz CT molecular complexity index is 324. The normalized spacial score (nSPS) is 17.8.